The highest BCUT2D eigenvalue weighted by molar-refractivity contribution is 7.17. The maximum atomic E-state index is 12.6. The molecule has 1 aromatic carbocycles. The van der Waals surface area contributed by atoms with Crippen molar-refractivity contribution in [1.82, 2.24) is 0 Å². The lowest BCUT2D eigenvalue weighted by Crippen LogP contribution is -2.13. The van der Waals surface area contributed by atoms with E-state index in [4.69, 9.17) is 14.2 Å². The molecule has 0 saturated heterocycles. The maximum Gasteiger partial charge on any atom is 0.341 e. The first kappa shape index (κ1) is 24.8. The highest BCUT2D eigenvalue weighted by atomic mass is 32.1. The van der Waals surface area contributed by atoms with Crippen molar-refractivity contribution in [3.8, 4) is 11.5 Å². The lowest BCUT2D eigenvalue weighted by atomic mass is 9.95. The first-order chi connectivity index (χ1) is 16.1. The largest absolute Gasteiger partial charge is 0.493 e. The Balaban J connectivity index is 1.66. The first-order valence-electron chi connectivity index (χ1n) is 11.6. The molecule has 3 rings (SSSR count). The van der Waals surface area contributed by atoms with E-state index >= 15 is 0 Å². The fraction of sp³-hybridized carbons (Fsp3) is 0.462. The molecule has 1 amide bonds. The monoisotopic (exact) mass is 471 g/mol. The minimum Gasteiger partial charge on any atom is -0.493 e. The van der Waals surface area contributed by atoms with Gasteiger partial charge in [0.1, 0.15) is 5.00 Å². The molecule has 1 aromatic heterocycles. The van der Waals surface area contributed by atoms with Crippen LogP contribution in [0.15, 0.2) is 24.3 Å². The highest BCUT2D eigenvalue weighted by Crippen LogP contribution is 2.38. The first-order valence-corrected chi connectivity index (χ1v) is 12.4. The third-order valence-electron chi connectivity index (χ3n) is 5.67. The predicted octanol–water partition coefficient (Wildman–Crippen LogP) is 6.03. The van der Waals surface area contributed by atoms with Crippen molar-refractivity contribution in [1.29, 1.82) is 0 Å². The quantitative estimate of drug-likeness (QED) is 0.246. The summed E-state index contributed by atoms with van der Waals surface area (Å²) in [7, 11) is 2.97. The molecule has 0 bridgehead atoms. The Bertz CT molecular complexity index is 995. The zero-order chi connectivity index (χ0) is 23.6. The van der Waals surface area contributed by atoms with Crippen LogP contribution in [0.5, 0.6) is 11.5 Å². The number of esters is 1. The van der Waals surface area contributed by atoms with Crippen LogP contribution in [0.25, 0.3) is 6.08 Å². The van der Waals surface area contributed by atoms with Gasteiger partial charge in [0.05, 0.1) is 26.4 Å². The number of nitrogens with one attached hydrogen (secondary N) is 1. The van der Waals surface area contributed by atoms with E-state index in [-0.39, 0.29) is 5.91 Å². The van der Waals surface area contributed by atoms with Crippen molar-refractivity contribution >= 4 is 34.3 Å². The maximum absolute atomic E-state index is 12.6. The summed E-state index contributed by atoms with van der Waals surface area (Å²) in [4.78, 5) is 26.1. The van der Waals surface area contributed by atoms with Gasteiger partial charge in [0.2, 0.25) is 5.91 Å². The van der Waals surface area contributed by atoms with Gasteiger partial charge in [-0.05, 0) is 61.4 Å². The van der Waals surface area contributed by atoms with Crippen LogP contribution in [0, 0.1) is 0 Å². The van der Waals surface area contributed by atoms with Crippen molar-refractivity contribution < 1.29 is 23.8 Å². The number of amides is 1. The van der Waals surface area contributed by atoms with Gasteiger partial charge in [0.15, 0.2) is 11.5 Å². The minimum absolute atomic E-state index is 0.297. The van der Waals surface area contributed by atoms with E-state index in [0.717, 1.165) is 54.5 Å². The number of hydrogen-bond acceptors (Lipinski definition) is 6. The molecule has 0 radical (unpaired) electrons. The van der Waals surface area contributed by atoms with Crippen LogP contribution in [0.2, 0.25) is 0 Å². The molecule has 33 heavy (non-hydrogen) atoms. The number of ether oxygens (including phenoxy) is 3. The number of carbonyl (C=O) groups is 2. The van der Waals surface area contributed by atoms with E-state index in [1.807, 2.05) is 18.2 Å². The zero-order valence-corrected chi connectivity index (χ0v) is 20.5. The molecule has 2 aromatic rings. The standard InChI is InChI=1S/C26H33NO5S/c1-4-5-6-9-16-32-20-14-12-18(17-21(20)30-2)13-15-23(28)27-25-24(26(29)31-3)19-10-7-8-11-22(19)33-25/h12-15,17H,4-11,16H2,1-3H3,(H,27,28)/b15-13+. The van der Waals surface area contributed by atoms with Gasteiger partial charge in [-0.25, -0.2) is 4.79 Å². The third kappa shape index (κ3) is 6.60. The normalized spacial score (nSPS) is 12.9. The van der Waals surface area contributed by atoms with Gasteiger partial charge < -0.3 is 19.5 Å². The van der Waals surface area contributed by atoms with Crippen LogP contribution in [-0.4, -0.2) is 32.7 Å². The number of rotatable bonds is 11. The molecule has 1 heterocycles. The summed E-state index contributed by atoms with van der Waals surface area (Å²) in [6, 6.07) is 5.59. The van der Waals surface area contributed by atoms with Crippen LogP contribution >= 0.6 is 11.3 Å². The number of fused-ring (bicyclic) bond motifs is 1. The lowest BCUT2D eigenvalue weighted by molar-refractivity contribution is -0.111. The van der Waals surface area contributed by atoms with Crippen molar-refractivity contribution in [2.75, 3.05) is 26.1 Å². The average Bonchev–Trinajstić information content (AvgIpc) is 3.20. The molecule has 178 valence electrons. The average molecular weight is 472 g/mol. The number of anilines is 1. The van der Waals surface area contributed by atoms with Gasteiger partial charge in [-0.1, -0.05) is 32.3 Å². The Morgan fingerprint density at radius 2 is 1.91 bits per heavy atom. The van der Waals surface area contributed by atoms with Crippen molar-refractivity contribution in [3.05, 3.63) is 45.8 Å². The number of benzene rings is 1. The van der Waals surface area contributed by atoms with E-state index in [2.05, 4.69) is 12.2 Å². The number of methoxy groups -OCH3 is 2. The zero-order valence-electron chi connectivity index (χ0n) is 19.7. The number of hydrogen-bond donors (Lipinski definition) is 1. The second-order valence-electron chi connectivity index (χ2n) is 8.05. The molecule has 0 atom stereocenters. The molecule has 0 spiro atoms. The molecule has 6 nitrogen and oxygen atoms in total. The molecule has 1 N–H and O–H groups in total. The molecule has 1 aliphatic rings. The minimum atomic E-state index is -0.399. The Kier molecular flexibility index (Phi) is 9.36. The van der Waals surface area contributed by atoms with Crippen molar-refractivity contribution in [2.24, 2.45) is 0 Å². The number of unbranched alkanes of at least 4 members (excludes halogenated alkanes) is 3. The van der Waals surface area contributed by atoms with Gasteiger partial charge in [0, 0.05) is 11.0 Å². The molecule has 0 aliphatic heterocycles. The second kappa shape index (κ2) is 12.4. The molecule has 0 unspecified atom stereocenters. The van der Waals surface area contributed by atoms with Gasteiger partial charge in [-0.15, -0.1) is 11.3 Å². The molecule has 7 heteroatoms. The van der Waals surface area contributed by atoms with E-state index in [0.29, 0.717) is 28.7 Å². The summed E-state index contributed by atoms with van der Waals surface area (Å²) in [6.45, 7) is 2.84. The summed E-state index contributed by atoms with van der Waals surface area (Å²) >= 11 is 1.47. The number of carbonyl (C=O) groups excluding carboxylic acids is 2. The number of thiophene rings is 1. The molecule has 1 aliphatic carbocycles. The summed E-state index contributed by atoms with van der Waals surface area (Å²) in [5.41, 5.74) is 2.34. The fourth-order valence-corrected chi connectivity index (χ4v) is 5.20. The van der Waals surface area contributed by atoms with Crippen LogP contribution in [0.1, 0.15) is 71.8 Å². The summed E-state index contributed by atoms with van der Waals surface area (Å²) in [5.74, 6) is 0.632. The highest BCUT2D eigenvalue weighted by Gasteiger charge is 2.26. The van der Waals surface area contributed by atoms with Gasteiger partial charge in [-0.3, -0.25) is 4.79 Å². The van der Waals surface area contributed by atoms with Crippen LogP contribution in [-0.2, 0) is 22.4 Å². The number of aryl methyl sites for hydroxylation is 1. The molecule has 0 fully saturated rings. The van der Waals surface area contributed by atoms with Crippen LogP contribution in [0.3, 0.4) is 0 Å². The van der Waals surface area contributed by atoms with Crippen LogP contribution in [0.4, 0.5) is 5.00 Å². The fourth-order valence-electron chi connectivity index (χ4n) is 3.92. The van der Waals surface area contributed by atoms with Crippen LogP contribution < -0.4 is 14.8 Å². The Morgan fingerprint density at radius 1 is 1.09 bits per heavy atom. The van der Waals surface area contributed by atoms with E-state index in [1.165, 1.54) is 37.4 Å². The van der Waals surface area contributed by atoms with E-state index < -0.39 is 5.97 Å². The lowest BCUT2D eigenvalue weighted by Gasteiger charge is -2.11. The topological polar surface area (TPSA) is 73.9 Å². The van der Waals surface area contributed by atoms with Gasteiger partial charge >= 0.3 is 5.97 Å². The predicted molar refractivity (Wildman–Crippen MR) is 133 cm³/mol. The third-order valence-corrected chi connectivity index (χ3v) is 6.88. The van der Waals surface area contributed by atoms with E-state index in [9.17, 15) is 9.59 Å². The SMILES string of the molecule is CCCCCCOc1ccc(/C=C/C(=O)Nc2sc3c(c2C(=O)OC)CCCC3)cc1OC. The second-order valence-corrected chi connectivity index (χ2v) is 9.15. The van der Waals surface area contributed by atoms with Crippen molar-refractivity contribution in [2.45, 2.75) is 58.3 Å². The van der Waals surface area contributed by atoms with Crippen molar-refractivity contribution in [3.63, 3.8) is 0 Å². The molecular weight excluding hydrogens is 438 g/mol. The van der Waals surface area contributed by atoms with Gasteiger partial charge in [-0.2, -0.15) is 0 Å². The van der Waals surface area contributed by atoms with E-state index in [1.54, 1.807) is 13.2 Å². The summed E-state index contributed by atoms with van der Waals surface area (Å²) in [5, 5.41) is 3.44. The summed E-state index contributed by atoms with van der Waals surface area (Å²) < 4.78 is 16.3. The smallest absolute Gasteiger partial charge is 0.341 e. The Hall–Kier alpha value is -2.80. The van der Waals surface area contributed by atoms with Gasteiger partial charge in [0.25, 0.3) is 0 Å². The molecular formula is C26H33NO5S. The Labute approximate surface area is 199 Å². The summed E-state index contributed by atoms with van der Waals surface area (Å²) in [6.07, 6.45) is 11.7. The Morgan fingerprint density at radius 3 is 2.67 bits per heavy atom. The molecule has 0 saturated carbocycles.